The third kappa shape index (κ3) is 44.8. The maximum absolute atomic E-state index is 12.9. The van der Waals surface area contributed by atoms with E-state index in [1.807, 2.05) is 27.2 Å². The van der Waals surface area contributed by atoms with Crippen LogP contribution in [0, 0.1) is 0 Å². The summed E-state index contributed by atoms with van der Waals surface area (Å²) in [6, 6.07) is -0.883. The van der Waals surface area contributed by atoms with Gasteiger partial charge in [-0.15, -0.1) is 0 Å². The van der Waals surface area contributed by atoms with Crippen molar-refractivity contribution in [2.24, 2.45) is 0 Å². The van der Waals surface area contributed by atoms with Crippen LogP contribution in [0.1, 0.15) is 239 Å². The molecule has 0 aliphatic heterocycles. The number of carbonyl (C=O) groups is 1. The molecule has 9 heteroatoms. The molecule has 3 atom stereocenters. The summed E-state index contributed by atoms with van der Waals surface area (Å²) >= 11 is 0. The number of phosphoric ester groups is 1. The molecule has 0 fully saturated rings. The molecule has 0 aromatic heterocycles. The fourth-order valence-electron chi connectivity index (χ4n) is 7.38. The maximum atomic E-state index is 12.9. The monoisotopic (exact) mass is 855 g/mol. The van der Waals surface area contributed by atoms with E-state index in [0.29, 0.717) is 17.4 Å². The summed E-state index contributed by atoms with van der Waals surface area (Å²) < 4.78 is 23.2. The van der Waals surface area contributed by atoms with Crippen LogP contribution in [0.5, 0.6) is 0 Å². The molecule has 0 rings (SSSR count). The van der Waals surface area contributed by atoms with E-state index in [-0.39, 0.29) is 19.1 Å². The van der Waals surface area contributed by atoms with Crippen molar-refractivity contribution in [3.8, 4) is 0 Å². The van der Waals surface area contributed by atoms with Gasteiger partial charge in [0.15, 0.2) is 0 Å². The lowest BCUT2D eigenvalue weighted by atomic mass is 10.0. The minimum absolute atomic E-state index is 0.0000726. The first-order valence-corrected chi connectivity index (χ1v) is 26.7. The third-order valence-electron chi connectivity index (χ3n) is 11.4. The number of hydrogen-bond donors (Lipinski definition) is 2. The highest BCUT2D eigenvalue weighted by molar-refractivity contribution is 7.45. The molecule has 0 spiro atoms. The zero-order chi connectivity index (χ0) is 43.6. The Hall–Kier alpha value is -1.02. The van der Waals surface area contributed by atoms with Crippen molar-refractivity contribution >= 4 is 13.7 Å². The van der Waals surface area contributed by atoms with Gasteiger partial charge in [-0.3, -0.25) is 9.36 Å². The lowest BCUT2D eigenvalue weighted by Gasteiger charge is -2.29. The van der Waals surface area contributed by atoms with Gasteiger partial charge in [-0.1, -0.05) is 212 Å². The summed E-state index contributed by atoms with van der Waals surface area (Å²) in [5.74, 6) is -0.198. The lowest BCUT2D eigenvalue weighted by molar-refractivity contribution is -0.870. The summed E-state index contributed by atoms with van der Waals surface area (Å²) in [6.07, 6.45) is 51.0. The molecule has 0 aromatic carbocycles. The minimum atomic E-state index is -4.58. The molecule has 2 N–H and O–H groups in total. The number of aliphatic hydroxyl groups is 1. The predicted octanol–water partition coefficient (Wildman–Crippen LogP) is 13.8. The molecule has 0 radical (unpaired) electrons. The minimum Gasteiger partial charge on any atom is -0.756 e. The Bertz CT molecular complexity index is 1020. The molecule has 0 aliphatic carbocycles. The number of aliphatic hydroxyl groups excluding tert-OH is 1. The summed E-state index contributed by atoms with van der Waals surface area (Å²) in [4.78, 5) is 25.3. The maximum Gasteiger partial charge on any atom is 0.268 e. The number of nitrogens with zero attached hydrogens (tertiary/aromatic N) is 1. The van der Waals surface area contributed by atoms with E-state index in [0.717, 1.165) is 38.5 Å². The van der Waals surface area contributed by atoms with Crippen LogP contribution < -0.4 is 10.2 Å². The molecule has 0 aromatic rings. The number of allylic oxidation sites excluding steroid dienone is 3. The van der Waals surface area contributed by atoms with E-state index in [1.54, 1.807) is 6.08 Å². The van der Waals surface area contributed by atoms with Gasteiger partial charge < -0.3 is 28.8 Å². The van der Waals surface area contributed by atoms with Crippen LogP contribution in [-0.4, -0.2) is 68.5 Å². The standard InChI is InChI=1S/C50H99N2O6P/c1-6-8-10-12-14-16-18-19-20-21-22-23-24-25-26-27-28-29-30-31-32-34-36-38-40-42-44-50(54)51-48(47-58-59(55,56)57-46-45-52(3,4)5)49(53)43-41-39-37-35-33-17-15-13-11-9-7-2/h25-26,41,43,48-49,53H,6-24,27-40,42,44-47H2,1-5H3,(H-,51,54,55,56)/b26-25-,43-41+. The molecule has 0 aliphatic rings. The summed E-state index contributed by atoms with van der Waals surface area (Å²) in [5.41, 5.74) is 0. The molecular formula is C50H99N2O6P. The Kier molecular flexibility index (Phi) is 41.6. The fraction of sp³-hybridized carbons (Fsp3) is 0.900. The van der Waals surface area contributed by atoms with Crippen LogP contribution >= 0.6 is 7.82 Å². The first kappa shape index (κ1) is 58.0. The van der Waals surface area contributed by atoms with Crippen molar-refractivity contribution in [1.29, 1.82) is 0 Å². The van der Waals surface area contributed by atoms with Crippen molar-refractivity contribution in [3.63, 3.8) is 0 Å². The Morgan fingerprint density at radius 1 is 0.576 bits per heavy atom. The second-order valence-corrected chi connectivity index (χ2v) is 19.9. The van der Waals surface area contributed by atoms with Crippen LogP contribution in [0.2, 0.25) is 0 Å². The highest BCUT2D eigenvalue weighted by atomic mass is 31.2. The highest BCUT2D eigenvalue weighted by Crippen LogP contribution is 2.38. The van der Waals surface area contributed by atoms with E-state index in [1.165, 1.54) is 180 Å². The van der Waals surface area contributed by atoms with Crippen molar-refractivity contribution < 1.29 is 32.9 Å². The largest absolute Gasteiger partial charge is 0.756 e. The number of rotatable bonds is 46. The number of amides is 1. The van der Waals surface area contributed by atoms with Crippen molar-refractivity contribution in [2.45, 2.75) is 251 Å². The number of phosphoric acid groups is 1. The van der Waals surface area contributed by atoms with Gasteiger partial charge >= 0.3 is 0 Å². The Labute approximate surface area is 366 Å². The fourth-order valence-corrected chi connectivity index (χ4v) is 8.11. The average molecular weight is 855 g/mol. The summed E-state index contributed by atoms with van der Waals surface area (Å²) in [6.45, 7) is 4.65. The third-order valence-corrected chi connectivity index (χ3v) is 12.4. The number of nitrogens with one attached hydrogen (secondary N) is 1. The van der Waals surface area contributed by atoms with Crippen molar-refractivity contribution in [3.05, 3.63) is 24.3 Å². The van der Waals surface area contributed by atoms with Crippen LogP contribution in [0.3, 0.4) is 0 Å². The van der Waals surface area contributed by atoms with Crippen LogP contribution in [0.25, 0.3) is 0 Å². The number of unbranched alkanes of at least 4 members (excludes halogenated alkanes) is 31. The predicted molar refractivity (Wildman–Crippen MR) is 252 cm³/mol. The zero-order valence-corrected chi connectivity index (χ0v) is 40.6. The smallest absolute Gasteiger partial charge is 0.268 e. The number of hydrogen-bond acceptors (Lipinski definition) is 6. The van der Waals surface area contributed by atoms with Crippen LogP contribution in [0.15, 0.2) is 24.3 Å². The van der Waals surface area contributed by atoms with Crippen LogP contribution in [-0.2, 0) is 18.4 Å². The zero-order valence-electron chi connectivity index (χ0n) is 39.7. The summed E-state index contributed by atoms with van der Waals surface area (Å²) in [7, 11) is 1.26. The molecule has 8 nitrogen and oxygen atoms in total. The normalized spacial score (nSPS) is 14.4. The molecule has 0 bridgehead atoms. The van der Waals surface area contributed by atoms with Crippen LogP contribution in [0.4, 0.5) is 0 Å². The van der Waals surface area contributed by atoms with E-state index < -0.39 is 20.0 Å². The van der Waals surface area contributed by atoms with E-state index >= 15 is 0 Å². The van der Waals surface area contributed by atoms with E-state index in [4.69, 9.17) is 9.05 Å². The number of likely N-dealkylation sites (N-methyl/N-ethyl adjacent to an activating group) is 1. The quantitative estimate of drug-likeness (QED) is 0.0273. The van der Waals surface area contributed by atoms with Gasteiger partial charge in [0.25, 0.3) is 7.82 Å². The second-order valence-electron chi connectivity index (χ2n) is 18.5. The van der Waals surface area contributed by atoms with Crippen molar-refractivity contribution in [2.75, 3.05) is 40.9 Å². The highest BCUT2D eigenvalue weighted by Gasteiger charge is 2.23. The molecule has 1 amide bonds. The van der Waals surface area contributed by atoms with E-state index in [9.17, 15) is 19.4 Å². The second kappa shape index (κ2) is 42.3. The van der Waals surface area contributed by atoms with Gasteiger partial charge in [-0.2, -0.15) is 0 Å². The number of quaternary nitrogens is 1. The lowest BCUT2D eigenvalue weighted by Crippen LogP contribution is -2.45. The van der Waals surface area contributed by atoms with Gasteiger partial charge in [0.05, 0.1) is 39.9 Å². The topological polar surface area (TPSA) is 108 Å². The Morgan fingerprint density at radius 2 is 0.932 bits per heavy atom. The van der Waals surface area contributed by atoms with Gasteiger partial charge in [0, 0.05) is 6.42 Å². The van der Waals surface area contributed by atoms with Crippen molar-refractivity contribution in [1.82, 2.24) is 5.32 Å². The molecule has 0 saturated carbocycles. The molecule has 0 heterocycles. The average Bonchev–Trinajstić information content (AvgIpc) is 3.19. The van der Waals surface area contributed by atoms with Gasteiger partial charge in [0.2, 0.25) is 5.91 Å². The van der Waals surface area contributed by atoms with Gasteiger partial charge in [-0.25, -0.2) is 0 Å². The number of carbonyl (C=O) groups excluding carboxylic acids is 1. The SMILES string of the molecule is CCCCCCCCCCC/C=C/C(O)C(COP(=O)([O-])OCC[N+](C)(C)C)NC(=O)CCCCCCCCCCCC/C=C\CCCCCCCCCCCCCC. The molecular weight excluding hydrogens is 756 g/mol. The first-order chi connectivity index (χ1) is 28.5. The molecule has 0 saturated heterocycles. The van der Waals surface area contributed by atoms with Gasteiger partial charge in [-0.05, 0) is 44.9 Å². The summed E-state index contributed by atoms with van der Waals surface area (Å²) in [5, 5.41) is 13.8. The Balaban J connectivity index is 4.14. The van der Waals surface area contributed by atoms with E-state index in [2.05, 4.69) is 31.3 Å². The molecule has 3 unspecified atom stereocenters. The first-order valence-electron chi connectivity index (χ1n) is 25.2. The Morgan fingerprint density at radius 3 is 1.32 bits per heavy atom. The molecule has 59 heavy (non-hydrogen) atoms. The molecule has 350 valence electrons. The van der Waals surface area contributed by atoms with Gasteiger partial charge in [0.1, 0.15) is 13.2 Å².